The molecule has 0 atom stereocenters. The van der Waals surface area contributed by atoms with E-state index in [0.29, 0.717) is 5.56 Å². The van der Waals surface area contributed by atoms with Crippen LogP contribution in [0.15, 0.2) is 65.4 Å². The summed E-state index contributed by atoms with van der Waals surface area (Å²) in [5, 5.41) is 3.99. The van der Waals surface area contributed by atoms with Gasteiger partial charge in [-0.3, -0.25) is 0 Å². The van der Waals surface area contributed by atoms with Gasteiger partial charge in [0.15, 0.2) is 0 Å². The Balaban J connectivity index is 1.69. The summed E-state index contributed by atoms with van der Waals surface area (Å²) in [6.45, 7) is 10.9. The monoisotopic (exact) mass is 377 g/mol. The molecule has 146 valence electrons. The van der Waals surface area contributed by atoms with Crippen LogP contribution in [0.2, 0.25) is 0 Å². The molecule has 0 N–H and O–H groups in total. The first-order valence-electron chi connectivity index (χ1n) is 9.46. The molecule has 2 aromatic carbocycles. The van der Waals surface area contributed by atoms with Crippen LogP contribution in [-0.2, 0) is 15.6 Å². The molecule has 0 saturated heterocycles. The Labute approximate surface area is 166 Å². The van der Waals surface area contributed by atoms with Crippen molar-refractivity contribution >= 4 is 5.97 Å². The second-order valence-electron chi connectivity index (χ2n) is 8.75. The Kier molecular flexibility index (Phi) is 5.41. The number of rotatable bonds is 5. The van der Waals surface area contributed by atoms with Crippen LogP contribution in [-0.4, -0.2) is 17.7 Å². The third kappa shape index (κ3) is 4.50. The van der Waals surface area contributed by atoms with E-state index in [-0.39, 0.29) is 23.4 Å². The number of carbonyl (C=O) groups is 1. The number of esters is 1. The van der Waals surface area contributed by atoms with Crippen molar-refractivity contribution in [1.29, 1.82) is 0 Å². The van der Waals surface area contributed by atoms with Gasteiger partial charge in [-0.1, -0.05) is 70.1 Å². The van der Waals surface area contributed by atoms with Crippen molar-refractivity contribution in [3.05, 3.63) is 77.6 Å². The van der Waals surface area contributed by atoms with Crippen LogP contribution in [0.5, 0.6) is 0 Å². The van der Waals surface area contributed by atoms with Gasteiger partial charge in [-0.25, -0.2) is 4.79 Å². The molecule has 0 aliphatic rings. The highest BCUT2D eigenvalue weighted by Gasteiger charge is 2.24. The Morgan fingerprint density at radius 3 is 2.29 bits per heavy atom. The van der Waals surface area contributed by atoms with E-state index in [9.17, 15) is 4.79 Å². The Hall–Kier alpha value is -2.88. The van der Waals surface area contributed by atoms with E-state index >= 15 is 0 Å². The lowest BCUT2D eigenvalue weighted by Crippen LogP contribution is -2.26. The van der Waals surface area contributed by atoms with E-state index in [1.807, 2.05) is 48.5 Å². The molecule has 0 unspecified atom stereocenters. The minimum atomic E-state index is -0.333. The molecule has 1 heterocycles. The highest BCUT2D eigenvalue weighted by atomic mass is 16.5. The van der Waals surface area contributed by atoms with E-state index in [1.54, 1.807) is 6.26 Å². The number of ether oxygens (including phenoxy) is 1. The van der Waals surface area contributed by atoms with Gasteiger partial charge in [0, 0.05) is 17.0 Å². The highest BCUT2D eigenvalue weighted by molar-refractivity contribution is 5.89. The Morgan fingerprint density at radius 1 is 0.964 bits per heavy atom. The average Bonchev–Trinajstić information content (AvgIpc) is 3.20. The molecule has 0 aliphatic carbocycles. The first-order valence-corrected chi connectivity index (χ1v) is 9.46. The first kappa shape index (κ1) is 19.9. The van der Waals surface area contributed by atoms with Crippen molar-refractivity contribution in [3.63, 3.8) is 0 Å². The summed E-state index contributed by atoms with van der Waals surface area (Å²) in [7, 11) is 0. The zero-order chi connectivity index (χ0) is 20.4. The molecule has 0 bridgehead atoms. The molecular weight excluding hydrogens is 350 g/mol. The summed E-state index contributed by atoms with van der Waals surface area (Å²) in [6.07, 6.45) is 1.56. The molecule has 0 amide bonds. The van der Waals surface area contributed by atoms with Crippen LogP contribution in [0.4, 0.5) is 0 Å². The van der Waals surface area contributed by atoms with Gasteiger partial charge in [0.25, 0.3) is 0 Å². The van der Waals surface area contributed by atoms with E-state index < -0.39 is 0 Å². The zero-order valence-corrected chi connectivity index (χ0v) is 17.2. The van der Waals surface area contributed by atoms with Crippen LogP contribution in [0.25, 0.3) is 11.3 Å². The Morgan fingerprint density at radius 2 is 1.68 bits per heavy atom. The normalized spacial score (nSPS) is 12.0. The predicted octanol–water partition coefficient (Wildman–Crippen LogP) is 5.77. The van der Waals surface area contributed by atoms with E-state index in [0.717, 1.165) is 16.8 Å². The summed E-state index contributed by atoms with van der Waals surface area (Å²) in [6, 6.07) is 17.5. The topological polar surface area (TPSA) is 52.3 Å². The minimum Gasteiger partial charge on any atom is -0.461 e. The molecule has 0 aliphatic heterocycles. The van der Waals surface area contributed by atoms with Crippen molar-refractivity contribution in [2.75, 3.05) is 6.61 Å². The highest BCUT2D eigenvalue weighted by Crippen LogP contribution is 2.28. The van der Waals surface area contributed by atoms with Crippen LogP contribution >= 0.6 is 0 Å². The largest absolute Gasteiger partial charge is 0.461 e. The van der Waals surface area contributed by atoms with Gasteiger partial charge < -0.3 is 9.26 Å². The maximum absolute atomic E-state index is 12.5. The number of benzene rings is 2. The molecule has 4 nitrogen and oxygen atoms in total. The van der Waals surface area contributed by atoms with E-state index in [2.05, 4.69) is 45.8 Å². The van der Waals surface area contributed by atoms with Crippen molar-refractivity contribution in [1.82, 2.24) is 5.16 Å². The quantitative estimate of drug-likeness (QED) is 0.529. The van der Waals surface area contributed by atoms with Crippen molar-refractivity contribution < 1.29 is 14.1 Å². The lowest BCUT2D eigenvalue weighted by Gasteiger charge is -2.25. The standard InChI is InChI=1S/C24H27NO3/c1-23(2,3)19-11-9-17(10-12-19)22(26)27-16-24(4,5)20-8-6-7-18(15-20)21-13-14-28-25-21/h6-15H,16H2,1-5H3. The SMILES string of the molecule is CC(C)(C)c1ccc(C(=O)OCC(C)(C)c2cccc(-c3ccon3)c2)cc1. The predicted molar refractivity (Wildman–Crippen MR) is 110 cm³/mol. The molecular formula is C24H27NO3. The van der Waals surface area contributed by atoms with Gasteiger partial charge in [-0.2, -0.15) is 0 Å². The Bertz CT molecular complexity index is 933. The zero-order valence-electron chi connectivity index (χ0n) is 17.2. The number of hydrogen-bond acceptors (Lipinski definition) is 4. The second-order valence-corrected chi connectivity index (χ2v) is 8.75. The maximum Gasteiger partial charge on any atom is 0.338 e. The molecule has 1 aromatic heterocycles. The van der Waals surface area contributed by atoms with Crippen molar-refractivity contribution in [2.24, 2.45) is 0 Å². The van der Waals surface area contributed by atoms with Gasteiger partial charge in [0.1, 0.15) is 18.6 Å². The third-order valence-corrected chi connectivity index (χ3v) is 4.93. The van der Waals surface area contributed by atoms with Crippen LogP contribution in [0.3, 0.4) is 0 Å². The van der Waals surface area contributed by atoms with Gasteiger partial charge in [-0.15, -0.1) is 0 Å². The number of carbonyl (C=O) groups excluding carboxylic acids is 1. The summed E-state index contributed by atoms with van der Waals surface area (Å²) in [5.74, 6) is -0.304. The summed E-state index contributed by atoms with van der Waals surface area (Å²) in [5.41, 5.74) is 4.31. The van der Waals surface area contributed by atoms with E-state index in [4.69, 9.17) is 9.26 Å². The lowest BCUT2D eigenvalue weighted by atomic mass is 9.84. The van der Waals surface area contributed by atoms with Crippen molar-refractivity contribution in [3.8, 4) is 11.3 Å². The number of aromatic nitrogens is 1. The third-order valence-electron chi connectivity index (χ3n) is 4.93. The molecule has 0 fully saturated rings. The van der Waals surface area contributed by atoms with Crippen molar-refractivity contribution in [2.45, 2.75) is 45.4 Å². The molecule has 3 rings (SSSR count). The number of hydrogen-bond donors (Lipinski definition) is 0. The minimum absolute atomic E-state index is 0.0548. The van der Waals surface area contributed by atoms with E-state index in [1.165, 1.54) is 5.56 Å². The van der Waals surface area contributed by atoms with Crippen LogP contribution in [0.1, 0.15) is 56.1 Å². The van der Waals surface area contributed by atoms with Gasteiger partial charge >= 0.3 is 5.97 Å². The fourth-order valence-corrected chi connectivity index (χ4v) is 2.98. The van der Waals surface area contributed by atoms with Gasteiger partial charge in [0.05, 0.1) is 5.56 Å². The fourth-order valence-electron chi connectivity index (χ4n) is 2.98. The van der Waals surface area contributed by atoms with Gasteiger partial charge in [0.2, 0.25) is 0 Å². The molecule has 3 aromatic rings. The summed E-state index contributed by atoms with van der Waals surface area (Å²) in [4.78, 5) is 12.5. The second kappa shape index (κ2) is 7.63. The summed E-state index contributed by atoms with van der Waals surface area (Å²) < 4.78 is 10.6. The first-order chi connectivity index (χ1) is 13.2. The molecule has 0 saturated carbocycles. The van der Waals surface area contributed by atoms with Crippen LogP contribution in [0, 0.1) is 0 Å². The smallest absolute Gasteiger partial charge is 0.338 e. The number of nitrogens with zero attached hydrogens (tertiary/aromatic N) is 1. The van der Waals surface area contributed by atoms with Gasteiger partial charge in [-0.05, 0) is 34.7 Å². The molecule has 0 spiro atoms. The molecule has 0 radical (unpaired) electrons. The van der Waals surface area contributed by atoms with Crippen LogP contribution < -0.4 is 0 Å². The average molecular weight is 377 g/mol. The summed E-state index contributed by atoms with van der Waals surface area (Å²) >= 11 is 0. The molecule has 28 heavy (non-hydrogen) atoms. The molecule has 4 heteroatoms. The maximum atomic E-state index is 12.5. The fraction of sp³-hybridized carbons (Fsp3) is 0.333. The lowest BCUT2D eigenvalue weighted by molar-refractivity contribution is 0.0427.